The van der Waals surface area contributed by atoms with Gasteiger partial charge in [-0.15, -0.1) is 0 Å². The number of nitrogens with zero attached hydrogens (tertiary/aromatic N) is 1. The molecule has 0 aromatic heterocycles. The van der Waals surface area contributed by atoms with Crippen molar-refractivity contribution in [2.75, 3.05) is 5.32 Å². The molecular weight excluding hydrogens is 238 g/mol. The second kappa shape index (κ2) is 5.67. The van der Waals surface area contributed by atoms with Gasteiger partial charge in [0, 0.05) is 0 Å². The van der Waals surface area contributed by atoms with Gasteiger partial charge in [0.1, 0.15) is 0 Å². The average molecular weight is 252 g/mol. The molecule has 1 atom stereocenters. The molecule has 0 saturated carbocycles. The van der Waals surface area contributed by atoms with Gasteiger partial charge in [0.05, 0.1) is 28.4 Å². The summed E-state index contributed by atoms with van der Waals surface area (Å²) < 4.78 is 0. The van der Waals surface area contributed by atoms with Crippen LogP contribution >= 0.6 is 11.6 Å². The lowest BCUT2D eigenvalue weighted by atomic mass is 10.0. The van der Waals surface area contributed by atoms with E-state index in [9.17, 15) is 4.79 Å². The molecule has 0 aliphatic heterocycles. The number of hydrogen-bond acceptors (Lipinski definition) is 3. The van der Waals surface area contributed by atoms with Crippen LogP contribution in [0.1, 0.15) is 19.4 Å². The number of amides is 1. The maximum atomic E-state index is 11.7. The Labute approximate surface area is 105 Å². The fraction of sp³-hybridized carbons (Fsp3) is 0.333. The monoisotopic (exact) mass is 251 g/mol. The molecule has 0 saturated heterocycles. The summed E-state index contributed by atoms with van der Waals surface area (Å²) in [6.07, 6.45) is 0. The summed E-state index contributed by atoms with van der Waals surface area (Å²) in [5.41, 5.74) is 6.62. The van der Waals surface area contributed by atoms with E-state index in [0.717, 1.165) is 0 Å². The number of nitriles is 1. The zero-order valence-electron chi connectivity index (χ0n) is 9.70. The van der Waals surface area contributed by atoms with E-state index < -0.39 is 6.04 Å². The Hall–Kier alpha value is -1.57. The van der Waals surface area contributed by atoms with Crippen molar-refractivity contribution < 1.29 is 4.79 Å². The van der Waals surface area contributed by atoms with E-state index in [-0.39, 0.29) is 11.8 Å². The number of rotatable bonds is 3. The first-order valence-corrected chi connectivity index (χ1v) is 5.59. The van der Waals surface area contributed by atoms with Gasteiger partial charge in [-0.2, -0.15) is 5.26 Å². The van der Waals surface area contributed by atoms with Crippen molar-refractivity contribution in [1.82, 2.24) is 0 Å². The van der Waals surface area contributed by atoms with Gasteiger partial charge in [-0.05, 0) is 24.1 Å². The van der Waals surface area contributed by atoms with Gasteiger partial charge in [-0.3, -0.25) is 4.79 Å². The lowest BCUT2D eigenvalue weighted by Crippen LogP contribution is -2.39. The Kier molecular flexibility index (Phi) is 4.50. The molecule has 0 unspecified atom stereocenters. The van der Waals surface area contributed by atoms with E-state index in [0.29, 0.717) is 16.3 Å². The topological polar surface area (TPSA) is 78.9 Å². The van der Waals surface area contributed by atoms with E-state index >= 15 is 0 Å². The standard InChI is InChI=1S/C12H14ClN3O/c1-7(2)11(15)12(17)16-10-4-3-8(6-14)5-9(10)13/h3-5,7,11H,15H2,1-2H3,(H,16,17)/t11-/m1/s1. The van der Waals surface area contributed by atoms with Crippen LogP contribution in [0.4, 0.5) is 5.69 Å². The molecule has 0 bridgehead atoms. The number of nitrogens with one attached hydrogen (secondary N) is 1. The fourth-order valence-electron chi connectivity index (χ4n) is 1.20. The summed E-state index contributed by atoms with van der Waals surface area (Å²) >= 11 is 5.93. The summed E-state index contributed by atoms with van der Waals surface area (Å²) in [4.78, 5) is 11.7. The molecule has 5 heteroatoms. The van der Waals surface area contributed by atoms with Gasteiger partial charge in [-0.25, -0.2) is 0 Å². The van der Waals surface area contributed by atoms with Crippen LogP contribution in [-0.2, 0) is 4.79 Å². The predicted molar refractivity (Wildman–Crippen MR) is 67.6 cm³/mol. The number of hydrogen-bond donors (Lipinski definition) is 2. The third-order valence-electron chi connectivity index (χ3n) is 2.38. The molecule has 0 aliphatic carbocycles. The summed E-state index contributed by atoms with van der Waals surface area (Å²) in [5, 5.41) is 11.6. The SMILES string of the molecule is CC(C)[C@@H](N)C(=O)Nc1ccc(C#N)cc1Cl. The van der Waals surface area contributed by atoms with E-state index in [1.54, 1.807) is 12.1 Å². The van der Waals surface area contributed by atoms with Crippen molar-refractivity contribution in [2.24, 2.45) is 11.7 Å². The maximum absolute atomic E-state index is 11.7. The molecule has 90 valence electrons. The zero-order chi connectivity index (χ0) is 13.0. The Morgan fingerprint density at radius 3 is 2.65 bits per heavy atom. The van der Waals surface area contributed by atoms with E-state index in [1.165, 1.54) is 6.07 Å². The third-order valence-corrected chi connectivity index (χ3v) is 2.69. The Morgan fingerprint density at radius 1 is 1.53 bits per heavy atom. The quantitative estimate of drug-likeness (QED) is 0.864. The molecule has 4 nitrogen and oxygen atoms in total. The minimum absolute atomic E-state index is 0.0483. The van der Waals surface area contributed by atoms with Gasteiger partial charge in [0.2, 0.25) is 5.91 Å². The number of halogens is 1. The van der Waals surface area contributed by atoms with Crippen LogP contribution in [0.5, 0.6) is 0 Å². The van der Waals surface area contributed by atoms with Crippen molar-refractivity contribution in [3.05, 3.63) is 28.8 Å². The van der Waals surface area contributed by atoms with Crippen LogP contribution in [-0.4, -0.2) is 11.9 Å². The fourth-order valence-corrected chi connectivity index (χ4v) is 1.43. The molecular formula is C12H14ClN3O. The second-order valence-corrected chi connectivity index (χ2v) is 4.47. The maximum Gasteiger partial charge on any atom is 0.241 e. The average Bonchev–Trinajstić information content (AvgIpc) is 2.30. The highest BCUT2D eigenvalue weighted by Crippen LogP contribution is 2.23. The molecule has 17 heavy (non-hydrogen) atoms. The van der Waals surface area contributed by atoms with Crippen molar-refractivity contribution in [2.45, 2.75) is 19.9 Å². The van der Waals surface area contributed by atoms with Gasteiger partial charge >= 0.3 is 0 Å². The van der Waals surface area contributed by atoms with Crippen LogP contribution in [0.2, 0.25) is 5.02 Å². The largest absolute Gasteiger partial charge is 0.323 e. The van der Waals surface area contributed by atoms with Gasteiger partial charge in [-0.1, -0.05) is 25.4 Å². The summed E-state index contributed by atoms with van der Waals surface area (Å²) in [7, 11) is 0. The molecule has 0 fully saturated rings. The number of benzene rings is 1. The second-order valence-electron chi connectivity index (χ2n) is 4.07. The summed E-state index contributed by atoms with van der Waals surface area (Å²) in [6.45, 7) is 3.73. The van der Waals surface area contributed by atoms with Crippen LogP contribution in [0.15, 0.2) is 18.2 Å². The Morgan fingerprint density at radius 2 is 2.18 bits per heavy atom. The lowest BCUT2D eigenvalue weighted by Gasteiger charge is -2.15. The Balaban J connectivity index is 2.83. The molecule has 1 aromatic carbocycles. The van der Waals surface area contributed by atoms with Crippen molar-refractivity contribution in [3.8, 4) is 6.07 Å². The first-order chi connectivity index (χ1) is 7.95. The highest BCUT2D eigenvalue weighted by atomic mass is 35.5. The molecule has 0 radical (unpaired) electrons. The first kappa shape index (κ1) is 13.5. The molecule has 0 spiro atoms. The van der Waals surface area contributed by atoms with Crippen LogP contribution in [0, 0.1) is 17.2 Å². The van der Waals surface area contributed by atoms with Gasteiger partial charge in [0.25, 0.3) is 0 Å². The summed E-state index contributed by atoms with van der Waals surface area (Å²) in [6, 6.07) is 6.06. The predicted octanol–water partition coefficient (Wildman–Crippen LogP) is 2.13. The minimum atomic E-state index is -0.582. The zero-order valence-corrected chi connectivity index (χ0v) is 10.5. The smallest absolute Gasteiger partial charge is 0.241 e. The first-order valence-electron chi connectivity index (χ1n) is 5.21. The molecule has 1 aromatic rings. The van der Waals surface area contributed by atoms with Crippen molar-refractivity contribution in [3.63, 3.8) is 0 Å². The van der Waals surface area contributed by atoms with Crippen molar-refractivity contribution in [1.29, 1.82) is 5.26 Å². The number of anilines is 1. The molecule has 1 amide bonds. The highest BCUT2D eigenvalue weighted by molar-refractivity contribution is 6.33. The van der Waals surface area contributed by atoms with Crippen LogP contribution in [0.25, 0.3) is 0 Å². The van der Waals surface area contributed by atoms with E-state index in [4.69, 9.17) is 22.6 Å². The Bertz CT molecular complexity index is 465. The van der Waals surface area contributed by atoms with Crippen LogP contribution < -0.4 is 11.1 Å². The molecule has 0 heterocycles. The van der Waals surface area contributed by atoms with Crippen molar-refractivity contribution >= 4 is 23.2 Å². The molecule has 3 N–H and O–H groups in total. The normalized spacial score (nSPS) is 12.0. The summed E-state index contributed by atoms with van der Waals surface area (Å²) in [5.74, 6) is -0.237. The van der Waals surface area contributed by atoms with Crippen LogP contribution in [0.3, 0.4) is 0 Å². The number of carbonyl (C=O) groups excluding carboxylic acids is 1. The molecule has 0 aliphatic rings. The third kappa shape index (κ3) is 3.45. The van der Waals surface area contributed by atoms with Gasteiger partial charge in [0.15, 0.2) is 0 Å². The highest BCUT2D eigenvalue weighted by Gasteiger charge is 2.18. The number of nitrogens with two attached hydrogens (primary N) is 1. The van der Waals surface area contributed by atoms with E-state index in [1.807, 2.05) is 19.9 Å². The minimum Gasteiger partial charge on any atom is -0.323 e. The number of carbonyl (C=O) groups is 1. The lowest BCUT2D eigenvalue weighted by molar-refractivity contribution is -0.118. The van der Waals surface area contributed by atoms with E-state index in [2.05, 4.69) is 5.32 Å². The molecule has 1 rings (SSSR count). The van der Waals surface area contributed by atoms with Gasteiger partial charge < -0.3 is 11.1 Å².